The summed E-state index contributed by atoms with van der Waals surface area (Å²) in [5.41, 5.74) is 3.04. The fraction of sp³-hybridized carbons (Fsp3) is 0.355. The molecule has 3 aromatic rings. The number of amides is 2. The third-order valence-corrected chi connectivity index (χ3v) is 8.97. The van der Waals surface area contributed by atoms with Crippen LogP contribution in [0.25, 0.3) is 0 Å². The number of nitrogens with one attached hydrogen (secondary N) is 1. The highest BCUT2D eigenvalue weighted by Crippen LogP contribution is 2.29. The lowest BCUT2D eigenvalue weighted by Gasteiger charge is -2.33. The first-order chi connectivity index (χ1) is 18.9. The molecule has 214 valence electrons. The topological polar surface area (TPSA) is 86.8 Å². The van der Waals surface area contributed by atoms with Gasteiger partial charge in [-0.05, 0) is 76.4 Å². The van der Waals surface area contributed by atoms with Crippen molar-refractivity contribution in [2.24, 2.45) is 0 Å². The minimum Gasteiger partial charge on any atom is -0.352 e. The normalized spacial score (nSPS) is 12.9. The molecule has 7 nitrogen and oxygen atoms in total. The number of carbonyl (C=O) groups excluding carboxylic acids is 2. The summed E-state index contributed by atoms with van der Waals surface area (Å²) in [5.74, 6) is -1.56. The summed E-state index contributed by atoms with van der Waals surface area (Å²) in [4.78, 5) is 28.4. The van der Waals surface area contributed by atoms with Gasteiger partial charge in [-0.15, -0.1) is 0 Å². The first-order valence-corrected chi connectivity index (χ1v) is 14.8. The van der Waals surface area contributed by atoms with E-state index in [0.29, 0.717) is 17.7 Å². The molecule has 0 aliphatic carbocycles. The molecule has 0 radical (unpaired) electrons. The van der Waals surface area contributed by atoms with E-state index in [9.17, 15) is 22.4 Å². The monoisotopic (exact) mass is 567 g/mol. The number of anilines is 1. The van der Waals surface area contributed by atoms with E-state index < -0.39 is 40.2 Å². The Morgan fingerprint density at radius 2 is 1.57 bits per heavy atom. The molecule has 3 aromatic carbocycles. The van der Waals surface area contributed by atoms with E-state index in [-0.39, 0.29) is 23.0 Å². The smallest absolute Gasteiger partial charge is 0.264 e. The van der Waals surface area contributed by atoms with E-state index in [1.807, 2.05) is 33.8 Å². The number of nitrogens with zero attached hydrogens (tertiary/aromatic N) is 2. The predicted octanol–water partition coefficient (Wildman–Crippen LogP) is 5.28. The van der Waals surface area contributed by atoms with Gasteiger partial charge < -0.3 is 10.2 Å². The molecule has 2 atom stereocenters. The highest BCUT2D eigenvalue weighted by atomic mass is 32.2. The van der Waals surface area contributed by atoms with E-state index in [0.717, 1.165) is 15.4 Å². The summed E-state index contributed by atoms with van der Waals surface area (Å²) in [6.07, 6.45) is 0.689. The minimum atomic E-state index is -4.18. The number of hydrogen-bond donors (Lipinski definition) is 1. The van der Waals surface area contributed by atoms with Crippen LogP contribution in [0, 0.1) is 26.6 Å². The molecule has 0 aromatic heterocycles. The molecule has 2 amide bonds. The van der Waals surface area contributed by atoms with Crippen LogP contribution in [0.5, 0.6) is 0 Å². The Balaban J connectivity index is 2.08. The lowest BCUT2D eigenvalue weighted by Crippen LogP contribution is -2.52. The molecule has 3 rings (SSSR count). The first-order valence-electron chi connectivity index (χ1n) is 13.4. The lowest BCUT2D eigenvalue weighted by molar-refractivity contribution is -0.139. The number of benzene rings is 3. The summed E-state index contributed by atoms with van der Waals surface area (Å²) >= 11 is 0. The van der Waals surface area contributed by atoms with Crippen molar-refractivity contribution in [2.75, 3.05) is 10.8 Å². The van der Waals surface area contributed by atoms with E-state index >= 15 is 0 Å². The fourth-order valence-electron chi connectivity index (χ4n) is 4.21. The summed E-state index contributed by atoms with van der Waals surface area (Å²) < 4.78 is 43.7. The number of carbonyl (C=O) groups is 2. The van der Waals surface area contributed by atoms with E-state index in [1.54, 1.807) is 56.3 Å². The Hall–Kier alpha value is -3.72. The number of rotatable bonds is 11. The van der Waals surface area contributed by atoms with Gasteiger partial charge in [-0.1, -0.05) is 55.0 Å². The summed E-state index contributed by atoms with van der Waals surface area (Å²) in [5, 5.41) is 2.87. The van der Waals surface area contributed by atoms with Crippen LogP contribution in [-0.2, 0) is 26.2 Å². The number of sulfonamides is 1. The van der Waals surface area contributed by atoms with Crippen LogP contribution < -0.4 is 9.62 Å². The molecule has 0 aliphatic rings. The molecule has 0 saturated heterocycles. The highest BCUT2D eigenvalue weighted by Gasteiger charge is 2.33. The van der Waals surface area contributed by atoms with Crippen LogP contribution in [0.3, 0.4) is 0 Å². The minimum absolute atomic E-state index is 0.0371. The van der Waals surface area contributed by atoms with Crippen molar-refractivity contribution in [2.45, 2.75) is 71.5 Å². The van der Waals surface area contributed by atoms with Gasteiger partial charge in [-0.3, -0.25) is 13.9 Å². The average molecular weight is 568 g/mol. The third-order valence-electron chi connectivity index (χ3n) is 7.20. The van der Waals surface area contributed by atoms with Crippen molar-refractivity contribution in [1.29, 1.82) is 0 Å². The van der Waals surface area contributed by atoms with E-state index in [4.69, 9.17) is 0 Å². The van der Waals surface area contributed by atoms with Gasteiger partial charge in [-0.25, -0.2) is 12.8 Å². The molecule has 0 heterocycles. The quantitative estimate of drug-likeness (QED) is 0.342. The van der Waals surface area contributed by atoms with Crippen molar-refractivity contribution < 1.29 is 22.4 Å². The molecular formula is C31H38FN3O4S. The van der Waals surface area contributed by atoms with Gasteiger partial charge in [-0.2, -0.15) is 0 Å². The van der Waals surface area contributed by atoms with Gasteiger partial charge in [0, 0.05) is 18.2 Å². The maximum Gasteiger partial charge on any atom is 0.264 e. The standard InChI is InChI=1S/C31H38FN3O4S/c1-7-23(4)33-31(37)25(6)34(19-26-12-8-9-13-28(26)32)30(36)20-35(29-14-10-11-22(3)24(29)5)40(38,39)27-17-15-21(2)16-18-27/h8-18,23,25H,7,19-20H2,1-6H3,(H,33,37). The third kappa shape index (κ3) is 7.07. The Bertz CT molecular complexity index is 1460. The zero-order valence-corrected chi connectivity index (χ0v) is 24.8. The molecular weight excluding hydrogens is 529 g/mol. The van der Waals surface area contributed by atoms with Gasteiger partial charge in [0.15, 0.2) is 0 Å². The predicted molar refractivity (Wildman–Crippen MR) is 156 cm³/mol. The van der Waals surface area contributed by atoms with Crippen LogP contribution in [0.2, 0.25) is 0 Å². The second kappa shape index (κ2) is 13.1. The molecule has 0 saturated carbocycles. The molecule has 0 spiro atoms. The van der Waals surface area contributed by atoms with Gasteiger partial charge in [0.05, 0.1) is 10.6 Å². The van der Waals surface area contributed by atoms with Crippen molar-refractivity contribution in [3.63, 3.8) is 0 Å². The fourth-order valence-corrected chi connectivity index (χ4v) is 5.69. The molecule has 40 heavy (non-hydrogen) atoms. The molecule has 0 bridgehead atoms. The maximum absolute atomic E-state index is 14.7. The molecule has 0 fully saturated rings. The molecule has 9 heteroatoms. The van der Waals surface area contributed by atoms with Gasteiger partial charge in [0.25, 0.3) is 10.0 Å². The molecule has 2 unspecified atom stereocenters. The Labute approximate surface area is 237 Å². The highest BCUT2D eigenvalue weighted by molar-refractivity contribution is 7.92. The SMILES string of the molecule is CCC(C)NC(=O)C(C)N(Cc1ccccc1F)C(=O)CN(c1cccc(C)c1C)S(=O)(=O)c1ccc(C)cc1. The maximum atomic E-state index is 14.7. The zero-order chi connectivity index (χ0) is 29.6. The zero-order valence-electron chi connectivity index (χ0n) is 23.9. The molecule has 1 N–H and O–H groups in total. The summed E-state index contributed by atoms with van der Waals surface area (Å²) in [6.45, 7) is 10.1. The van der Waals surface area contributed by atoms with Crippen LogP contribution >= 0.6 is 0 Å². The first kappa shape index (κ1) is 30.8. The van der Waals surface area contributed by atoms with Gasteiger partial charge >= 0.3 is 0 Å². The van der Waals surface area contributed by atoms with Gasteiger partial charge in [0.1, 0.15) is 18.4 Å². The van der Waals surface area contributed by atoms with Crippen molar-refractivity contribution >= 4 is 27.5 Å². The largest absolute Gasteiger partial charge is 0.352 e. The number of aryl methyl sites for hydroxylation is 2. The van der Waals surface area contributed by atoms with Crippen molar-refractivity contribution in [3.05, 3.63) is 94.8 Å². The van der Waals surface area contributed by atoms with Crippen LogP contribution in [0.4, 0.5) is 10.1 Å². The summed E-state index contributed by atoms with van der Waals surface area (Å²) in [7, 11) is -4.18. The van der Waals surface area contributed by atoms with Crippen LogP contribution in [0.15, 0.2) is 71.6 Å². The number of hydrogen-bond acceptors (Lipinski definition) is 4. The van der Waals surface area contributed by atoms with Crippen LogP contribution in [-0.4, -0.2) is 43.8 Å². The second-order valence-electron chi connectivity index (χ2n) is 10.2. The Morgan fingerprint density at radius 1 is 0.925 bits per heavy atom. The lowest BCUT2D eigenvalue weighted by atomic mass is 10.1. The van der Waals surface area contributed by atoms with Gasteiger partial charge in [0.2, 0.25) is 11.8 Å². The van der Waals surface area contributed by atoms with E-state index in [2.05, 4.69) is 5.32 Å². The van der Waals surface area contributed by atoms with Crippen LogP contribution in [0.1, 0.15) is 49.4 Å². The van der Waals surface area contributed by atoms with Crippen molar-refractivity contribution in [1.82, 2.24) is 10.2 Å². The van der Waals surface area contributed by atoms with E-state index in [1.165, 1.54) is 23.1 Å². The number of halogens is 1. The summed E-state index contributed by atoms with van der Waals surface area (Å²) in [6, 6.07) is 16.6. The Morgan fingerprint density at radius 3 is 2.20 bits per heavy atom. The average Bonchev–Trinajstić information content (AvgIpc) is 2.92. The second-order valence-corrected chi connectivity index (χ2v) is 12.0. The van der Waals surface area contributed by atoms with Crippen molar-refractivity contribution in [3.8, 4) is 0 Å². The molecule has 0 aliphatic heterocycles. The Kier molecular flexibility index (Phi) is 10.1.